The highest BCUT2D eigenvalue weighted by Gasteiger charge is 2.51. The van der Waals surface area contributed by atoms with Gasteiger partial charge in [-0.05, 0) is 31.7 Å². The maximum Gasteiger partial charge on any atom is 0.309 e. The molecule has 5 rings (SSSR count). The first-order chi connectivity index (χ1) is 13.1. The molecule has 0 saturated carbocycles. The minimum atomic E-state index is -0.217. The molecule has 5 heteroatoms. The van der Waals surface area contributed by atoms with Gasteiger partial charge in [-0.15, -0.1) is 0 Å². The topological polar surface area (TPSA) is 55.8 Å². The number of carbonyl (C=O) groups is 2. The SMILES string of the molecule is CCOC(=O)CC1=CC2C[C@@](CC3CCC(=O)N3Cc3ccccc3)(C1)O2. The fourth-order valence-corrected chi connectivity index (χ4v) is 4.78. The summed E-state index contributed by atoms with van der Waals surface area (Å²) in [5.41, 5.74) is 2.06. The summed E-state index contributed by atoms with van der Waals surface area (Å²) < 4.78 is 11.2. The van der Waals surface area contributed by atoms with Crippen LogP contribution in [0.3, 0.4) is 0 Å². The van der Waals surface area contributed by atoms with E-state index in [4.69, 9.17) is 9.47 Å². The number of fused-ring (bicyclic) bond motifs is 1. The van der Waals surface area contributed by atoms with Crippen molar-refractivity contribution in [1.29, 1.82) is 0 Å². The summed E-state index contributed by atoms with van der Waals surface area (Å²) in [6.45, 7) is 2.90. The van der Waals surface area contributed by atoms with Crippen LogP contribution in [0.25, 0.3) is 0 Å². The van der Waals surface area contributed by atoms with Gasteiger partial charge in [-0.3, -0.25) is 9.59 Å². The number of amides is 1. The maximum atomic E-state index is 12.4. The molecular formula is C22H27NO4. The Labute approximate surface area is 160 Å². The van der Waals surface area contributed by atoms with E-state index in [2.05, 4.69) is 18.2 Å². The smallest absolute Gasteiger partial charge is 0.309 e. The molecule has 2 unspecified atom stereocenters. The number of carbonyl (C=O) groups excluding carboxylic acids is 2. The average Bonchev–Trinajstić information content (AvgIpc) is 2.95. The summed E-state index contributed by atoms with van der Waals surface area (Å²) >= 11 is 0. The van der Waals surface area contributed by atoms with E-state index >= 15 is 0 Å². The van der Waals surface area contributed by atoms with Crippen LogP contribution in [0.5, 0.6) is 0 Å². The van der Waals surface area contributed by atoms with Crippen LogP contribution in [-0.4, -0.2) is 41.1 Å². The minimum absolute atomic E-state index is 0.114. The summed E-state index contributed by atoms with van der Waals surface area (Å²) in [6, 6.07) is 10.4. The second kappa shape index (κ2) is 7.47. The highest BCUT2D eigenvalue weighted by atomic mass is 16.5. The molecule has 2 fully saturated rings. The van der Waals surface area contributed by atoms with E-state index in [-0.39, 0.29) is 29.6 Å². The average molecular weight is 369 g/mol. The van der Waals surface area contributed by atoms with Crippen molar-refractivity contribution >= 4 is 11.9 Å². The van der Waals surface area contributed by atoms with Crippen LogP contribution in [0.4, 0.5) is 0 Å². The molecule has 3 aliphatic heterocycles. The maximum absolute atomic E-state index is 12.4. The van der Waals surface area contributed by atoms with Gasteiger partial charge in [-0.25, -0.2) is 0 Å². The van der Waals surface area contributed by atoms with E-state index in [1.54, 1.807) is 0 Å². The molecule has 27 heavy (non-hydrogen) atoms. The highest BCUT2D eigenvalue weighted by Crippen LogP contribution is 2.49. The van der Waals surface area contributed by atoms with Crippen LogP contribution < -0.4 is 0 Å². The van der Waals surface area contributed by atoms with Gasteiger partial charge >= 0.3 is 5.97 Å². The molecule has 1 aromatic rings. The Kier molecular flexibility index (Phi) is 5.04. The molecule has 144 valence electrons. The minimum Gasteiger partial charge on any atom is -0.466 e. The molecule has 2 saturated heterocycles. The van der Waals surface area contributed by atoms with Crippen LogP contribution in [0.2, 0.25) is 0 Å². The number of hydrogen-bond donors (Lipinski definition) is 0. The largest absolute Gasteiger partial charge is 0.466 e. The lowest BCUT2D eigenvalue weighted by Gasteiger charge is -2.53. The van der Waals surface area contributed by atoms with Crippen molar-refractivity contribution in [1.82, 2.24) is 4.90 Å². The highest BCUT2D eigenvalue weighted by molar-refractivity contribution is 5.78. The molecular weight excluding hydrogens is 342 g/mol. The fourth-order valence-electron chi connectivity index (χ4n) is 4.78. The molecule has 3 heterocycles. The zero-order chi connectivity index (χ0) is 18.9. The van der Waals surface area contributed by atoms with E-state index in [1.165, 1.54) is 0 Å². The van der Waals surface area contributed by atoms with Crippen molar-refractivity contribution in [2.24, 2.45) is 0 Å². The monoisotopic (exact) mass is 369 g/mol. The standard InChI is InChI=1S/C22H27NO4/c1-2-26-21(25)11-17-10-19-14-22(12-17,27-19)13-18-8-9-20(24)23(18)15-16-6-4-3-5-7-16/h3-7,10,18-19H,2,8-9,11-15H2,1H3/t18?,19?,22-/m0/s1. The Morgan fingerprint density at radius 1 is 1.33 bits per heavy atom. The molecule has 1 aliphatic carbocycles. The van der Waals surface area contributed by atoms with Crippen LogP contribution >= 0.6 is 0 Å². The molecule has 1 amide bonds. The van der Waals surface area contributed by atoms with Gasteiger partial charge in [-0.2, -0.15) is 0 Å². The number of hydrogen-bond acceptors (Lipinski definition) is 4. The molecule has 0 N–H and O–H groups in total. The molecule has 2 bridgehead atoms. The summed E-state index contributed by atoms with van der Waals surface area (Å²) in [5.74, 6) is 0.0659. The predicted molar refractivity (Wildman–Crippen MR) is 101 cm³/mol. The Bertz CT molecular complexity index is 736. The van der Waals surface area contributed by atoms with Gasteiger partial charge in [0.25, 0.3) is 0 Å². The van der Waals surface area contributed by atoms with E-state index in [0.717, 1.165) is 36.8 Å². The normalized spacial score (nSPS) is 29.3. The number of likely N-dealkylation sites (tertiary alicyclic amines) is 1. The Morgan fingerprint density at radius 3 is 2.85 bits per heavy atom. The van der Waals surface area contributed by atoms with Gasteiger partial charge < -0.3 is 14.4 Å². The number of rotatable bonds is 7. The first-order valence-electron chi connectivity index (χ1n) is 9.93. The van der Waals surface area contributed by atoms with Gasteiger partial charge in [0, 0.05) is 25.4 Å². The van der Waals surface area contributed by atoms with Crippen LogP contribution in [0, 0.1) is 0 Å². The quantitative estimate of drug-likeness (QED) is 0.546. The van der Waals surface area contributed by atoms with Crippen LogP contribution in [-0.2, 0) is 25.6 Å². The summed E-state index contributed by atoms with van der Waals surface area (Å²) in [5, 5.41) is 0. The molecule has 0 aromatic heterocycles. The van der Waals surface area contributed by atoms with Crippen molar-refractivity contribution in [3.8, 4) is 0 Å². The van der Waals surface area contributed by atoms with E-state index in [9.17, 15) is 9.59 Å². The lowest BCUT2D eigenvalue weighted by Crippen LogP contribution is -2.55. The molecule has 4 aliphatic rings. The zero-order valence-electron chi connectivity index (χ0n) is 15.9. The van der Waals surface area contributed by atoms with Crippen LogP contribution in [0.15, 0.2) is 42.0 Å². The van der Waals surface area contributed by atoms with Crippen molar-refractivity contribution in [3.63, 3.8) is 0 Å². The van der Waals surface area contributed by atoms with Gasteiger partial charge in [0.05, 0.1) is 24.7 Å². The van der Waals surface area contributed by atoms with Crippen molar-refractivity contribution in [2.45, 2.75) is 69.7 Å². The van der Waals surface area contributed by atoms with Gasteiger partial charge in [0.1, 0.15) is 0 Å². The third-order valence-corrected chi connectivity index (χ3v) is 5.88. The summed E-state index contributed by atoms with van der Waals surface area (Å²) in [6.07, 6.45) is 6.66. The second-order valence-electron chi connectivity index (χ2n) is 7.93. The zero-order valence-corrected chi connectivity index (χ0v) is 15.9. The first-order valence-corrected chi connectivity index (χ1v) is 9.93. The van der Waals surface area contributed by atoms with E-state index < -0.39 is 0 Å². The van der Waals surface area contributed by atoms with Gasteiger partial charge in [0.2, 0.25) is 5.91 Å². The molecule has 0 spiro atoms. The second-order valence-corrected chi connectivity index (χ2v) is 7.93. The van der Waals surface area contributed by atoms with Crippen molar-refractivity contribution < 1.29 is 19.1 Å². The van der Waals surface area contributed by atoms with Crippen LogP contribution in [0.1, 0.15) is 51.0 Å². The summed E-state index contributed by atoms with van der Waals surface area (Å²) in [4.78, 5) is 26.3. The molecule has 3 atom stereocenters. The molecule has 0 radical (unpaired) electrons. The Hall–Kier alpha value is -2.14. The number of benzene rings is 1. The number of nitrogens with zero attached hydrogens (tertiary/aromatic N) is 1. The molecule has 5 nitrogen and oxygen atoms in total. The van der Waals surface area contributed by atoms with Crippen molar-refractivity contribution in [2.75, 3.05) is 6.61 Å². The third kappa shape index (κ3) is 3.93. The summed E-state index contributed by atoms with van der Waals surface area (Å²) in [7, 11) is 0. The Balaban J connectivity index is 1.40. The lowest BCUT2D eigenvalue weighted by molar-refractivity contribution is -0.203. The van der Waals surface area contributed by atoms with E-state index in [1.807, 2.05) is 30.0 Å². The predicted octanol–water partition coefficient (Wildman–Crippen LogP) is 3.38. The van der Waals surface area contributed by atoms with Crippen molar-refractivity contribution in [3.05, 3.63) is 47.5 Å². The fraction of sp³-hybridized carbons (Fsp3) is 0.545. The van der Waals surface area contributed by atoms with Gasteiger partial charge in [-0.1, -0.05) is 42.0 Å². The third-order valence-electron chi connectivity index (χ3n) is 5.88. The molecule has 1 aromatic carbocycles. The Morgan fingerprint density at radius 2 is 2.11 bits per heavy atom. The van der Waals surface area contributed by atoms with E-state index in [0.29, 0.717) is 26.0 Å². The number of esters is 1. The number of ether oxygens (including phenoxy) is 2. The first kappa shape index (κ1) is 18.2. The van der Waals surface area contributed by atoms with Gasteiger partial charge in [0.15, 0.2) is 0 Å². The lowest BCUT2D eigenvalue weighted by atomic mass is 9.73.